The van der Waals surface area contributed by atoms with Crippen molar-refractivity contribution in [1.29, 1.82) is 0 Å². The zero-order chi connectivity index (χ0) is 14.9. The minimum atomic E-state index is -5.08. The van der Waals surface area contributed by atoms with Gasteiger partial charge in [-0.15, -0.1) is 5.10 Å². The van der Waals surface area contributed by atoms with Gasteiger partial charge >= 0.3 is 12.1 Å². The van der Waals surface area contributed by atoms with Crippen molar-refractivity contribution < 1.29 is 27.8 Å². The second-order valence-corrected chi connectivity index (χ2v) is 4.46. The SMILES string of the molecule is Cc1nnn2c1CN[C@@H]1COC[C@H]12.O=C(O)C(F)(F)F. The van der Waals surface area contributed by atoms with E-state index < -0.39 is 12.1 Å². The molecule has 20 heavy (non-hydrogen) atoms. The number of hydrogen-bond acceptors (Lipinski definition) is 5. The average molecular weight is 294 g/mol. The molecule has 0 aliphatic carbocycles. The second-order valence-electron chi connectivity index (χ2n) is 4.46. The van der Waals surface area contributed by atoms with Crippen LogP contribution in [0.25, 0.3) is 0 Å². The van der Waals surface area contributed by atoms with E-state index in [1.54, 1.807) is 0 Å². The molecule has 2 aliphatic heterocycles. The first kappa shape index (κ1) is 14.7. The molecule has 1 fully saturated rings. The fraction of sp³-hybridized carbons (Fsp3) is 0.700. The van der Waals surface area contributed by atoms with Crippen LogP contribution < -0.4 is 5.32 Å². The highest BCUT2D eigenvalue weighted by Gasteiger charge is 2.38. The van der Waals surface area contributed by atoms with Gasteiger partial charge in [-0.3, -0.25) is 0 Å². The molecule has 0 radical (unpaired) electrons. The molecule has 1 aromatic heterocycles. The van der Waals surface area contributed by atoms with E-state index in [2.05, 4.69) is 15.6 Å². The summed E-state index contributed by atoms with van der Waals surface area (Å²) < 4.78 is 39.2. The van der Waals surface area contributed by atoms with Crippen molar-refractivity contribution in [2.45, 2.75) is 31.7 Å². The van der Waals surface area contributed by atoms with Gasteiger partial charge in [-0.25, -0.2) is 9.48 Å². The van der Waals surface area contributed by atoms with Crippen LogP contribution in [-0.4, -0.2) is 51.5 Å². The highest BCUT2D eigenvalue weighted by atomic mass is 19.4. The molecule has 3 rings (SSSR count). The molecule has 3 heterocycles. The van der Waals surface area contributed by atoms with Gasteiger partial charge in [-0.1, -0.05) is 5.21 Å². The first-order valence-corrected chi connectivity index (χ1v) is 5.82. The van der Waals surface area contributed by atoms with Crippen molar-refractivity contribution in [3.05, 3.63) is 11.4 Å². The van der Waals surface area contributed by atoms with Crippen molar-refractivity contribution in [3.63, 3.8) is 0 Å². The van der Waals surface area contributed by atoms with Gasteiger partial charge in [-0.05, 0) is 6.92 Å². The molecule has 2 N–H and O–H groups in total. The number of fused-ring (bicyclic) bond motifs is 3. The van der Waals surface area contributed by atoms with Gasteiger partial charge in [0.2, 0.25) is 0 Å². The minimum absolute atomic E-state index is 0.352. The number of alkyl halides is 3. The number of nitrogens with zero attached hydrogens (tertiary/aromatic N) is 3. The molecular formula is C10H13F3N4O3. The van der Waals surface area contributed by atoms with Gasteiger partial charge in [0.25, 0.3) is 0 Å². The topological polar surface area (TPSA) is 89.3 Å². The summed E-state index contributed by atoms with van der Waals surface area (Å²) in [7, 11) is 0. The van der Waals surface area contributed by atoms with E-state index in [1.165, 1.54) is 5.69 Å². The van der Waals surface area contributed by atoms with Crippen LogP contribution in [0.2, 0.25) is 0 Å². The third kappa shape index (κ3) is 2.90. The molecule has 1 aromatic rings. The number of halogens is 3. The molecule has 0 unspecified atom stereocenters. The lowest BCUT2D eigenvalue weighted by molar-refractivity contribution is -0.192. The lowest BCUT2D eigenvalue weighted by Crippen LogP contribution is -2.42. The number of carboxylic acid groups (broad SMARTS) is 1. The molecule has 0 spiro atoms. The van der Waals surface area contributed by atoms with E-state index in [-0.39, 0.29) is 0 Å². The summed E-state index contributed by atoms with van der Waals surface area (Å²) in [6.45, 7) is 4.41. The summed E-state index contributed by atoms with van der Waals surface area (Å²) in [5.74, 6) is -2.76. The number of rotatable bonds is 0. The van der Waals surface area contributed by atoms with Gasteiger partial charge in [0.1, 0.15) is 0 Å². The Labute approximate surface area is 111 Å². The van der Waals surface area contributed by atoms with Crippen LogP contribution in [0.3, 0.4) is 0 Å². The van der Waals surface area contributed by atoms with Crippen LogP contribution in [-0.2, 0) is 16.1 Å². The molecule has 0 aromatic carbocycles. The van der Waals surface area contributed by atoms with Crippen LogP contribution >= 0.6 is 0 Å². The maximum Gasteiger partial charge on any atom is 0.490 e. The number of carbonyl (C=O) groups is 1. The Bertz CT molecular complexity index is 502. The molecule has 0 amide bonds. The summed E-state index contributed by atoms with van der Waals surface area (Å²) >= 11 is 0. The van der Waals surface area contributed by atoms with E-state index in [4.69, 9.17) is 14.6 Å². The van der Waals surface area contributed by atoms with Gasteiger partial charge < -0.3 is 15.2 Å². The Morgan fingerprint density at radius 1 is 1.50 bits per heavy atom. The van der Waals surface area contributed by atoms with Gasteiger partial charge in [-0.2, -0.15) is 13.2 Å². The Balaban J connectivity index is 0.000000182. The zero-order valence-corrected chi connectivity index (χ0v) is 10.5. The smallest absolute Gasteiger partial charge is 0.475 e. The van der Waals surface area contributed by atoms with Crippen LogP contribution in [0, 0.1) is 6.92 Å². The number of aryl methyl sites for hydroxylation is 1. The molecule has 112 valence electrons. The van der Waals surface area contributed by atoms with Crippen molar-refractivity contribution in [2.24, 2.45) is 0 Å². The van der Waals surface area contributed by atoms with E-state index in [0.29, 0.717) is 12.1 Å². The van der Waals surface area contributed by atoms with E-state index >= 15 is 0 Å². The minimum Gasteiger partial charge on any atom is -0.475 e. The number of carboxylic acids is 1. The molecular weight excluding hydrogens is 281 g/mol. The number of ether oxygens (including phenoxy) is 1. The first-order valence-electron chi connectivity index (χ1n) is 5.82. The van der Waals surface area contributed by atoms with Crippen molar-refractivity contribution in [1.82, 2.24) is 20.3 Å². The standard InChI is InChI=1S/C8H12N4O.C2HF3O2/c1-5-7-2-9-6-3-13-4-8(6)12(7)11-10-5;3-2(4,5)1(6)7/h6,8-9H,2-4H2,1H3;(H,6,7)/t6-,8-;/m1./s1. The summed E-state index contributed by atoms with van der Waals surface area (Å²) in [6.07, 6.45) is -5.08. The van der Waals surface area contributed by atoms with Gasteiger partial charge in [0.15, 0.2) is 0 Å². The molecule has 7 nitrogen and oxygen atoms in total. The summed E-state index contributed by atoms with van der Waals surface area (Å²) in [5, 5.41) is 18.8. The summed E-state index contributed by atoms with van der Waals surface area (Å²) in [4.78, 5) is 8.90. The normalized spacial score (nSPS) is 24.4. The summed E-state index contributed by atoms with van der Waals surface area (Å²) in [6, 6.07) is 0.776. The molecule has 1 saturated heterocycles. The van der Waals surface area contributed by atoms with E-state index in [9.17, 15) is 13.2 Å². The Kier molecular flexibility index (Phi) is 3.95. The lowest BCUT2D eigenvalue weighted by Gasteiger charge is -2.26. The quantitative estimate of drug-likeness (QED) is 0.713. The Morgan fingerprint density at radius 2 is 2.15 bits per heavy atom. The van der Waals surface area contributed by atoms with E-state index in [0.717, 1.165) is 25.5 Å². The predicted octanol–water partition coefficient (Wildman–Crippen LogP) is 0.263. The Hall–Kier alpha value is -1.68. The Morgan fingerprint density at radius 3 is 2.75 bits per heavy atom. The maximum atomic E-state index is 10.6. The van der Waals surface area contributed by atoms with Crippen LogP contribution in [0.1, 0.15) is 17.4 Å². The molecule has 0 bridgehead atoms. The van der Waals surface area contributed by atoms with Crippen LogP contribution in [0.4, 0.5) is 13.2 Å². The van der Waals surface area contributed by atoms with Crippen LogP contribution in [0.15, 0.2) is 0 Å². The highest BCUT2D eigenvalue weighted by molar-refractivity contribution is 5.73. The molecule has 2 aliphatic rings. The van der Waals surface area contributed by atoms with Crippen LogP contribution in [0.5, 0.6) is 0 Å². The lowest BCUT2D eigenvalue weighted by atomic mass is 10.1. The van der Waals surface area contributed by atoms with E-state index in [1.807, 2.05) is 11.6 Å². The third-order valence-corrected chi connectivity index (χ3v) is 3.12. The average Bonchev–Trinajstić information content (AvgIpc) is 2.95. The van der Waals surface area contributed by atoms with Crippen molar-refractivity contribution >= 4 is 5.97 Å². The fourth-order valence-electron chi connectivity index (χ4n) is 2.07. The molecule has 10 heteroatoms. The largest absolute Gasteiger partial charge is 0.490 e. The fourth-order valence-corrected chi connectivity index (χ4v) is 2.07. The van der Waals surface area contributed by atoms with Crippen molar-refractivity contribution in [3.8, 4) is 0 Å². The predicted molar refractivity (Wildman–Crippen MR) is 58.9 cm³/mol. The highest BCUT2D eigenvalue weighted by Crippen LogP contribution is 2.25. The third-order valence-electron chi connectivity index (χ3n) is 3.12. The van der Waals surface area contributed by atoms with Gasteiger partial charge in [0.05, 0.1) is 36.7 Å². The number of aromatic nitrogens is 3. The van der Waals surface area contributed by atoms with Crippen molar-refractivity contribution in [2.75, 3.05) is 13.2 Å². The number of aliphatic carboxylic acids is 1. The number of nitrogens with one attached hydrogen (secondary N) is 1. The second kappa shape index (κ2) is 5.37. The zero-order valence-electron chi connectivity index (χ0n) is 10.5. The first-order chi connectivity index (χ1) is 9.30. The molecule has 0 saturated carbocycles. The number of hydrogen-bond donors (Lipinski definition) is 2. The molecule has 2 atom stereocenters. The maximum absolute atomic E-state index is 10.6. The van der Waals surface area contributed by atoms with Gasteiger partial charge in [0, 0.05) is 6.54 Å². The monoisotopic (exact) mass is 294 g/mol. The summed E-state index contributed by atoms with van der Waals surface area (Å²) in [5.41, 5.74) is 2.23.